The van der Waals surface area contributed by atoms with Crippen molar-refractivity contribution in [3.8, 4) is 0 Å². The summed E-state index contributed by atoms with van der Waals surface area (Å²) in [6.07, 6.45) is 2.04. The molecule has 1 aliphatic heterocycles. The van der Waals surface area contributed by atoms with Crippen molar-refractivity contribution in [2.75, 3.05) is 23.4 Å². The maximum absolute atomic E-state index is 12.7. The number of rotatable bonds is 6. The molecular weight excluding hydrogens is 368 g/mol. The summed E-state index contributed by atoms with van der Waals surface area (Å²) in [5.74, 6) is 0.660. The summed E-state index contributed by atoms with van der Waals surface area (Å²) in [6, 6.07) is 14.4. The van der Waals surface area contributed by atoms with Gasteiger partial charge < -0.3 is 10.2 Å². The summed E-state index contributed by atoms with van der Waals surface area (Å²) in [6.45, 7) is 7.00. The van der Waals surface area contributed by atoms with Crippen molar-refractivity contribution in [2.45, 2.75) is 39.7 Å². The van der Waals surface area contributed by atoms with Gasteiger partial charge >= 0.3 is 0 Å². The first-order chi connectivity index (χ1) is 13.4. The van der Waals surface area contributed by atoms with Crippen LogP contribution in [0, 0.1) is 20.8 Å². The molecule has 2 amide bonds. The number of hydrogen-bond donors (Lipinski definition) is 1. The molecular formula is C23H28N2O2S. The topological polar surface area (TPSA) is 49.4 Å². The van der Waals surface area contributed by atoms with E-state index in [1.54, 1.807) is 0 Å². The summed E-state index contributed by atoms with van der Waals surface area (Å²) in [5, 5.41) is 2.87. The van der Waals surface area contributed by atoms with E-state index in [0.717, 1.165) is 30.6 Å². The van der Waals surface area contributed by atoms with E-state index in [1.807, 2.05) is 36.1 Å². The number of anilines is 1. The van der Waals surface area contributed by atoms with Gasteiger partial charge in [0.25, 0.3) is 0 Å². The van der Waals surface area contributed by atoms with Gasteiger partial charge in [0.15, 0.2) is 0 Å². The van der Waals surface area contributed by atoms with E-state index in [-0.39, 0.29) is 23.6 Å². The van der Waals surface area contributed by atoms with Crippen LogP contribution < -0.4 is 5.32 Å². The zero-order valence-corrected chi connectivity index (χ0v) is 17.6. The molecule has 1 heterocycles. The molecule has 5 heteroatoms. The summed E-state index contributed by atoms with van der Waals surface area (Å²) in [5.41, 5.74) is 5.64. The number of aryl methyl sites for hydroxylation is 3. The Morgan fingerprint density at radius 3 is 2.36 bits per heavy atom. The maximum Gasteiger partial charge on any atom is 0.234 e. The highest BCUT2D eigenvalue weighted by Gasteiger charge is 2.29. The fraction of sp³-hybridized carbons (Fsp3) is 0.391. The molecule has 0 aliphatic carbocycles. The molecule has 1 saturated heterocycles. The Labute approximate surface area is 171 Å². The molecule has 0 radical (unpaired) electrons. The number of nitrogens with one attached hydrogen (secondary N) is 1. The van der Waals surface area contributed by atoms with Crippen molar-refractivity contribution in [3.63, 3.8) is 0 Å². The first-order valence-electron chi connectivity index (χ1n) is 9.74. The second kappa shape index (κ2) is 9.28. The van der Waals surface area contributed by atoms with Crippen LogP contribution in [0.1, 0.15) is 41.1 Å². The number of hydrogen-bond acceptors (Lipinski definition) is 3. The van der Waals surface area contributed by atoms with Gasteiger partial charge in [-0.05, 0) is 51.3 Å². The third kappa shape index (κ3) is 5.38. The highest BCUT2D eigenvalue weighted by Crippen LogP contribution is 2.33. The number of carbonyl (C=O) groups is 2. The standard InChI is InChI=1S/C23H28N2O2S/c1-16-6-8-20(9-7-16)24-22(26)14-28-15-23(27)25-10-4-5-21(25)19-12-17(2)11-18(3)13-19/h6-9,11-13,21H,4-5,10,14-15H2,1-3H3,(H,24,26). The van der Waals surface area contributed by atoms with Gasteiger partial charge in [-0.2, -0.15) is 0 Å². The van der Waals surface area contributed by atoms with Gasteiger partial charge in [-0.1, -0.05) is 47.0 Å². The van der Waals surface area contributed by atoms with Crippen LogP contribution in [-0.4, -0.2) is 34.8 Å². The monoisotopic (exact) mass is 396 g/mol. The molecule has 148 valence electrons. The van der Waals surface area contributed by atoms with Crippen molar-refractivity contribution < 1.29 is 9.59 Å². The first kappa shape index (κ1) is 20.5. The Morgan fingerprint density at radius 1 is 1.00 bits per heavy atom. The number of carbonyl (C=O) groups excluding carboxylic acids is 2. The predicted molar refractivity (Wildman–Crippen MR) is 117 cm³/mol. The van der Waals surface area contributed by atoms with Crippen LogP contribution in [0.25, 0.3) is 0 Å². The number of amides is 2. The van der Waals surface area contributed by atoms with E-state index >= 15 is 0 Å². The summed E-state index contributed by atoms with van der Waals surface area (Å²) < 4.78 is 0. The van der Waals surface area contributed by atoms with Crippen LogP contribution in [0.2, 0.25) is 0 Å². The van der Waals surface area contributed by atoms with Crippen molar-refractivity contribution in [1.82, 2.24) is 4.90 Å². The largest absolute Gasteiger partial charge is 0.335 e. The molecule has 28 heavy (non-hydrogen) atoms. The van der Waals surface area contributed by atoms with E-state index in [2.05, 4.69) is 37.4 Å². The van der Waals surface area contributed by atoms with Gasteiger partial charge in [0.1, 0.15) is 0 Å². The highest BCUT2D eigenvalue weighted by molar-refractivity contribution is 8.00. The molecule has 1 aliphatic rings. The minimum Gasteiger partial charge on any atom is -0.335 e. The average molecular weight is 397 g/mol. The first-order valence-corrected chi connectivity index (χ1v) is 10.9. The molecule has 0 bridgehead atoms. The smallest absolute Gasteiger partial charge is 0.234 e. The molecule has 0 aromatic heterocycles. The quantitative estimate of drug-likeness (QED) is 0.773. The normalized spacial score (nSPS) is 16.2. The van der Waals surface area contributed by atoms with Crippen LogP contribution in [0.15, 0.2) is 42.5 Å². The Morgan fingerprint density at radius 2 is 1.68 bits per heavy atom. The fourth-order valence-electron chi connectivity index (χ4n) is 3.76. The summed E-state index contributed by atoms with van der Waals surface area (Å²) in [4.78, 5) is 26.8. The molecule has 2 aromatic carbocycles. The van der Waals surface area contributed by atoms with Crippen LogP contribution in [0.3, 0.4) is 0 Å². The van der Waals surface area contributed by atoms with E-state index in [9.17, 15) is 9.59 Å². The van der Waals surface area contributed by atoms with Crippen LogP contribution >= 0.6 is 11.8 Å². The molecule has 1 unspecified atom stereocenters. The lowest BCUT2D eigenvalue weighted by molar-refractivity contribution is -0.129. The molecule has 4 nitrogen and oxygen atoms in total. The molecule has 1 N–H and O–H groups in total. The Kier molecular flexibility index (Phi) is 6.79. The summed E-state index contributed by atoms with van der Waals surface area (Å²) in [7, 11) is 0. The molecule has 2 aromatic rings. The highest BCUT2D eigenvalue weighted by atomic mass is 32.2. The summed E-state index contributed by atoms with van der Waals surface area (Å²) >= 11 is 1.38. The SMILES string of the molecule is Cc1ccc(NC(=O)CSCC(=O)N2CCCC2c2cc(C)cc(C)c2)cc1. The average Bonchev–Trinajstić information content (AvgIpc) is 3.13. The fourth-order valence-corrected chi connectivity index (χ4v) is 4.46. The van der Waals surface area contributed by atoms with Crippen molar-refractivity contribution in [1.29, 1.82) is 0 Å². The molecule has 0 spiro atoms. The van der Waals surface area contributed by atoms with Crippen molar-refractivity contribution in [2.24, 2.45) is 0 Å². The Bertz CT molecular complexity index is 828. The van der Waals surface area contributed by atoms with Crippen molar-refractivity contribution in [3.05, 3.63) is 64.7 Å². The minimum absolute atomic E-state index is 0.0751. The Balaban J connectivity index is 1.51. The molecule has 1 atom stereocenters. The second-order valence-corrected chi connectivity index (χ2v) is 8.56. The number of nitrogens with zero attached hydrogens (tertiary/aromatic N) is 1. The van der Waals surface area contributed by atoms with E-state index < -0.39 is 0 Å². The van der Waals surface area contributed by atoms with Gasteiger partial charge in [-0.25, -0.2) is 0 Å². The number of likely N-dealkylation sites (tertiary alicyclic amines) is 1. The predicted octanol–water partition coefficient (Wildman–Crippen LogP) is 4.65. The Hall–Kier alpha value is -2.27. The third-order valence-electron chi connectivity index (χ3n) is 5.00. The molecule has 1 fully saturated rings. The second-order valence-electron chi connectivity index (χ2n) is 7.57. The van der Waals surface area contributed by atoms with E-state index in [0.29, 0.717) is 5.75 Å². The van der Waals surface area contributed by atoms with Gasteiger partial charge in [0.05, 0.1) is 17.5 Å². The van der Waals surface area contributed by atoms with Gasteiger partial charge in [0, 0.05) is 12.2 Å². The van der Waals surface area contributed by atoms with Crippen LogP contribution in [-0.2, 0) is 9.59 Å². The zero-order valence-electron chi connectivity index (χ0n) is 16.8. The lowest BCUT2D eigenvalue weighted by Crippen LogP contribution is -2.32. The number of benzene rings is 2. The molecule has 3 rings (SSSR count). The maximum atomic E-state index is 12.7. The third-order valence-corrected chi connectivity index (χ3v) is 5.91. The van der Waals surface area contributed by atoms with Crippen LogP contribution in [0.4, 0.5) is 5.69 Å². The van der Waals surface area contributed by atoms with Crippen LogP contribution in [0.5, 0.6) is 0 Å². The van der Waals surface area contributed by atoms with Gasteiger partial charge in [-0.3, -0.25) is 9.59 Å². The van der Waals surface area contributed by atoms with Gasteiger partial charge in [-0.15, -0.1) is 11.8 Å². The van der Waals surface area contributed by atoms with E-state index in [1.165, 1.54) is 28.5 Å². The molecule has 0 saturated carbocycles. The van der Waals surface area contributed by atoms with Crippen molar-refractivity contribution >= 4 is 29.3 Å². The lowest BCUT2D eigenvalue weighted by atomic mass is 9.99. The zero-order chi connectivity index (χ0) is 20.1. The van der Waals surface area contributed by atoms with E-state index in [4.69, 9.17) is 0 Å². The number of thioether (sulfide) groups is 1. The lowest BCUT2D eigenvalue weighted by Gasteiger charge is -2.25. The van der Waals surface area contributed by atoms with Gasteiger partial charge in [0.2, 0.25) is 11.8 Å². The minimum atomic E-state index is -0.0751.